The first kappa shape index (κ1) is 13.8. The fraction of sp³-hybridized carbons (Fsp3) is 0.750. The Morgan fingerprint density at radius 1 is 1.26 bits per heavy atom. The highest BCUT2D eigenvalue weighted by molar-refractivity contribution is 6.00. The quantitative estimate of drug-likeness (QED) is 0.645. The highest BCUT2D eigenvalue weighted by atomic mass is 16.2. The summed E-state index contributed by atoms with van der Waals surface area (Å²) in [5.41, 5.74) is 5.22. The minimum Gasteiger partial charge on any atom is -0.351 e. The molecule has 4 amide bonds. The second-order valence-electron chi connectivity index (χ2n) is 5.15. The average molecular weight is 268 g/mol. The van der Waals surface area contributed by atoms with Crippen LogP contribution in [-0.4, -0.2) is 59.9 Å². The number of rotatable bonds is 2. The molecule has 0 bridgehead atoms. The topological polar surface area (TPSA) is 95.7 Å². The van der Waals surface area contributed by atoms with Gasteiger partial charge in [-0.15, -0.1) is 0 Å². The number of urea groups is 1. The maximum absolute atomic E-state index is 11.9. The Balaban J connectivity index is 1.84. The van der Waals surface area contributed by atoms with Crippen LogP contribution < -0.4 is 11.1 Å². The first-order chi connectivity index (χ1) is 8.99. The zero-order valence-corrected chi connectivity index (χ0v) is 11.1. The predicted molar refractivity (Wildman–Crippen MR) is 68.1 cm³/mol. The zero-order chi connectivity index (χ0) is 14.0. The van der Waals surface area contributed by atoms with Gasteiger partial charge in [0.2, 0.25) is 11.8 Å². The number of nitrogens with two attached hydrogens (primary N) is 1. The second kappa shape index (κ2) is 5.56. The molecule has 19 heavy (non-hydrogen) atoms. The van der Waals surface area contributed by atoms with Crippen molar-refractivity contribution >= 4 is 17.8 Å². The summed E-state index contributed by atoms with van der Waals surface area (Å²) in [7, 11) is 1.52. The molecule has 0 aromatic carbocycles. The molecule has 3 N–H and O–H groups in total. The maximum Gasteiger partial charge on any atom is 0.314 e. The Labute approximate surface area is 112 Å². The molecule has 2 fully saturated rings. The Hall–Kier alpha value is -1.63. The zero-order valence-electron chi connectivity index (χ0n) is 11.1. The van der Waals surface area contributed by atoms with E-state index in [0.29, 0.717) is 25.9 Å². The van der Waals surface area contributed by atoms with E-state index in [1.807, 2.05) is 0 Å². The molecule has 1 atom stereocenters. The smallest absolute Gasteiger partial charge is 0.314 e. The van der Waals surface area contributed by atoms with Crippen LogP contribution in [0, 0.1) is 0 Å². The first-order valence-electron chi connectivity index (χ1n) is 6.60. The van der Waals surface area contributed by atoms with E-state index in [1.54, 1.807) is 4.90 Å². The van der Waals surface area contributed by atoms with Crippen molar-refractivity contribution in [3.8, 4) is 0 Å². The summed E-state index contributed by atoms with van der Waals surface area (Å²) >= 11 is 0. The molecular weight excluding hydrogens is 248 g/mol. The Bertz CT molecular complexity index is 390. The summed E-state index contributed by atoms with van der Waals surface area (Å²) in [6, 6.07) is -0.475. The SMILES string of the molecule is CN1C(=O)CCC(NC2CCN(C(N)=O)CC2)C1=O. The number of piperidine rings is 2. The van der Waals surface area contributed by atoms with Crippen LogP contribution in [0.1, 0.15) is 25.7 Å². The number of hydrogen-bond donors (Lipinski definition) is 2. The van der Waals surface area contributed by atoms with Crippen LogP contribution in [0.3, 0.4) is 0 Å². The number of hydrogen-bond acceptors (Lipinski definition) is 4. The third-order valence-electron chi connectivity index (χ3n) is 3.89. The third-order valence-corrected chi connectivity index (χ3v) is 3.89. The molecule has 2 rings (SSSR count). The van der Waals surface area contributed by atoms with Gasteiger partial charge in [0.15, 0.2) is 0 Å². The molecule has 0 aromatic heterocycles. The van der Waals surface area contributed by atoms with Gasteiger partial charge < -0.3 is 16.0 Å². The van der Waals surface area contributed by atoms with E-state index in [1.165, 1.54) is 11.9 Å². The Kier molecular flexibility index (Phi) is 4.04. The van der Waals surface area contributed by atoms with Gasteiger partial charge in [-0.2, -0.15) is 0 Å². The third kappa shape index (κ3) is 3.04. The number of carbonyl (C=O) groups excluding carboxylic acids is 3. The summed E-state index contributed by atoms with van der Waals surface area (Å²) in [4.78, 5) is 37.1. The van der Waals surface area contributed by atoms with Crippen molar-refractivity contribution in [3.05, 3.63) is 0 Å². The van der Waals surface area contributed by atoms with Gasteiger partial charge in [-0.3, -0.25) is 14.5 Å². The van der Waals surface area contributed by atoms with Crippen LogP contribution in [0.25, 0.3) is 0 Å². The molecular formula is C12H20N4O3. The number of likely N-dealkylation sites (tertiary alicyclic amines) is 2. The van der Waals surface area contributed by atoms with Gasteiger partial charge in [0.1, 0.15) is 0 Å². The lowest BCUT2D eigenvalue weighted by molar-refractivity contribution is -0.148. The van der Waals surface area contributed by atoms with Crippen molar-refractivity contribution in [3.63, 3.8) is 0 Å². The predicted octanol–water partition coefficient (Wildman–Crippen LogP) is -0.733. The van der Waals surface area contributed by atoms with Crippen molar-refractivity contribution in [2.75, 3.05) is 20.1 Å². The molecule has 0 radical (unpaired) electrons. The van der Waals surface area contributed by atoms with E-state index >= 15 is 0 Å². The van der Waals surface area contributed by atoms with Gasteiger partial charge in [0.25, 0.3) is 0 Å². The van der Waals surface area contributed by atoms with Crippen molar-refractivity contribution in [2.24, 2.45) is 5.73 Å². The number of amides is 4. The molecule has 7 heteroatoms. The highest BCUT2D eigenvalue weighted by Crippen LogP contribution is 2.16. The van der Waals surface area contributed by atoms with Crippen LogP contribution in [-0.2, 0) is 9.59 Å². The minimum atomic E-state index is -0.391. The van der Waals surface area contributed by atoms with Crippen molar-refractivity contribution < 1.29 is 14.4 Å². The van der Waals surface area contributed by atoms with Gasteiger partial charge in [-0.05, 0) is 19.3 Å². The second-order valence-corrected chi connectivity index (χ2v) is 5.15. The van der Waals surface area contributed by atoms with E-state index in [9.17, 15) is 14.4 Å². The average Bonchev–Trinajstić information content (AvgIpc) is 2.40. The van der Waals surface area contributed by atoms with Crippen molar-refractivity contribution in [1.29, 1.82) is 0 Å². The lowest BCUT2D eigenvalue weighted by atomic mass is 9.99. The molecule has 0 spiro atoms. The fourth-order valence-corrected chi connectivity index (χ4v) is 2.62. The van der Waals surface area contributed by atoms with Gasteiger partial charge in [-0.1, -0.05) is 0 Å². The Morgan fingerprint density at radius 3 is 2.47 bits per heavy atom. The molecule has 7 nitrogen and oxygen atoms in total. The number of carbonyl (C=O) groups is 3. The van der Waals surface area contributed by atoms with E-state index in [0.717, 1.165) is 12.8 Å². The van der Waals surface area contributed by atoms with Crippen LogP contribution in [0.5, 0.6) is 0 Å². The van der Waals surface area contributed by atoms with Crippen LogP contribution >= 0.6 is 0 Å². The van der Waals surface area contributed by atoms with Crippen LogP contribution in [0.4, 0.5) is 4.79 Å². The van der Waals surface area contributed by atoms with Gasteiger partial charge in [0.05, 0.1) is 6.04 Å². The van der Waals surface area contributed by atoms with E-state index in [4.69, 9.17) is 5.73 Å². The number of nitrogens with zero attached hydrogens (tertiary/aromatic N) is 2. The normalized spacial score (nSPS) is 25.8. The van der Waals surface area contributed by atoms with Crippen LogP contribution in [0.2, 0.25) is 0 Å². The molecule has 2 heterocycles. The van der Waals surface area contributed by atoms with Gasteiger partial charge in [0, 0.05) is 32.6 Å². The van der Waals surface area contributed by atoms with E-state index < -0.39 is 6.03 Å². The maximum atomic E-state index is 11.9. The summed E-state index contributed by atoms with van der Waals surface area (Å²) in [6.07, 6.45) is 2.52. The molecule has 2 aliphatic heterocycles. The van der Waals surface area contributed by atoms with Gasteiger partial charge >= 0.3 is 6.03 Å². The monoisotopic (exact) mass is 268 g/mol. The molecule has 106 valence electrons. The molecule has 0 saturated carbocycles. The highest BCUT2D eigenvalue weighted by Gasteiger charge is 2.33. The van der Waals surface area contributed by atoms with E-state index in [-0.39, 0.29) is 23.9 Å². The molecule has 2 saturated heterocycles. The summed E-state index contributed by atoms with van der Waals surface area (Å²) in [6.45, 7) is 1.23. The molecule has 2 aliphatic rings. The fourth-order valence-electron chi connectivity index (χ4n) is 2.62. The molecule has 0 aromatic rings. The number of likely N-dealkylation sites (N-methyl/N-ethyl adjacent to an activating group) is 1. The Morgan fingerprint density at radius 2 is 1.89 bits per heavy atom. The number of primary amides is 1. The van der Waals surface area contributed by atoms with Crippen LogP contribution in [0.15, 0.2) is 0 Å². The summed E-state index contributed by atoms with van der Waals surface area (Å²) in [5, 5.41) is 3.30. The number of imide groups is 1. The number of nitrogens with one attached hydrogen (secondary N) is 1. The molecule has 0 aliphatic carbocycles. The first-order valence-corrected chi connectivity index (χ1v) is 6.60. The standard InChI is InChI=1S/C12H20N4O3/c1-15-10(17)3-2-9(11(15)18)14-8-4-6-16(7-5-8)12(13)19/h8-9,14H,2-7H2,1H3,(H2,13,19). The van der Waals surface area contributed by atoms with Crippen molar-refractivity contribution in [1.82, 2.24) is 15.1 Å². The lowest BCUT2D eigenvalue weighted by Crippen LogP contribution is -2.56. The van der Waals surface area contributed by atoms with Crippen molar-refractivity contribution in [2.45, 2.75) is 37.8 Å². The minimum absolute atomic E-state index is 0.119. The molecule has 1 unspecified atom stereocenters. The lowest BCUT2D eigenvalue weighted by Gasteiger charge is -2.35. The van der Waals surface area contributed by atoms with E-state index in [2.05, 4.69) is 5.32 Å². The van der Waals surface area contributed by atoms with Gasteiger partial charge in [-0.25, -0.2) is 4.79 Å². The summed E-state index contributed by atoms with van der Waals surface area (Å²) < 4.78 is 0. The largest absolute Gasteiger partial charge is 0.351 e. The summed E-state index contributed by atoms with van der Waals surface area (Å²) in [5.74, 6) is -0.278.